The van der Waals surface area contributed by atoms with Gasteiger partial charge in [-0.2, -0.15) is 0 Å². The van der Waals surface area contributed by atoms with Gasteiger partial charge < -0.3 is 15.6 Å². The van der Waals surface area contributed by atoms with E-state index in [4.69, 9.17) is 15.6 Å². The Balaban J connectivity index is 2.09. The van der Waals surface area contributed by atoms with Crippen LogP contribution in [0.3, 0.4) is 0 Å². The Morgan fingerprint density at radius 1 is 1.16 bits per heavy atom. The van der Waals surface area contributed by atoms with Gasteiger partial charge in [-0.25, -0.2) is 0 Å². The van der Waals surface area contributed by atoms with E-state index in [1.165, 1.54) is 0 Å². The van der Waals surface area contributed by atoms with Gasteiger partial charge in [-0.3, -0.25) is 0 Å². The van der Waals surface area contributed by atoms with Crippen LogP contribution in [0.1, 0.15) is 11.1 Å². The molecule has 0 aliphatic rings. The van der Waals surface area contributed by atoms with E-state index in [9.17, 15) is 0 Å². The van der Waals surface area contributed by atoms with Crippen molar-refractivity contribution in [1.82, 2.24) is 0 Å². The first-order valence-electron chi connectivity index (χ1n) is 6.05. The maximum Gasteiger partial charge on any atom is 0.123 e. The van der Waals surface area contributed by atoms with Crippen molar-refractivity contribution < 1.29 is 9.84 Å². The number of ether oxygens (including phenoxy) is 1. The van der Waals surface area contributed by atoms with E-state index in [-0.39, 0.29) is 6.61 Å². The number of hydrogen-bond donors (Lipinski definition) is 2. The van der Waals surface area contributed by atoms with Crippen molar-refractivity contribution in [1.29, 1.82) is 0 Å². The second-order valence-electron chi connectivity index (χ2n) is 4.26. The summed E-state index contributed by atoms with van der Waals surface area (Å²) >= 11 is 3.41. The SMILES string of the molecule is Nc1cc(Br)cc(COc2ccccc2CCO)c1. The molecule has 2 aromatic rings. The first-order chi connectivity index (χ1) is 9.19. The van der Waals surface area contributed by atoms with Crippen molar-refractivity contribution >= 4 is 21.6 Å². The van der Waals surface area contributed by atoms with Gasteiger partial charge >= 0.3 is 0 Å². The lowest BCUT2D eigenvalue weighted by atomic mass is 10.1. The molecule has 19 heavy (non-hydrogen) atoms. The van der Waals surface area contributed by atoms with Crippen LogP contribution < -0.4 is 10.5 Å². The van der Waals surface area contributed by atoms with Gasteiger partial charge in [-0.15, -0.1) is 0 Å². The van der Waals surface area contributed by atoms with E-state index in [1.807, 2.05) is 42.5 Å². The summed E-state index contributed by atoms with van der Waals surface area (Å²) in [5, 5.41) is 9.02. The van der Waals surface area contributed by atoms with Crippen molar-refractivity contribution in [2.45, 2.75) is 13.0 Å². The van der Waals surface area contributed by atoms with Crippen LogP contribution in [0.15, 0.2) is 46.9 Å². The van der Waals surface area contributed by atoms with E-state index in [2.05, 4.69) is 15.9 Å². The summed E-state index contributed by atoms with van der Waals surface area (Å²) in [6.45, 7) is 0.566. The lowest BCUT2D eigenvalue weighted by Crippen LogP contribution is -2.01. The molecule has 2 aromatic carbocycles. The third-order valence-corrected chi connectivity index (χ3v) is 3.19. The van der Waals surface area contributed by atoms with Crippen LogP contribution >= 0.6 is 15.9 Å². The average Bonchev–Trinajstić information content (AvgIpc) is 2.37. The second-order valence-corrected chi connectivity index (χ2v) is 5.18. The monoisotopic (exact) mass is 321 g/mol. The molecule has 0 amide bonds. The Bertz CT molecular complexity index is 537. The molecule has 3 N–H and O–H groups in total. The molecule has 0 spiro atoms. The summed E-state index contributed by atoms with van der Waals surface area (Å²) in [5.74, 6) is 0.801. The van der Waals surface area contributed by atoms with Gasteiger partial charge in [0, 0.05) is 16.8 Å². The number of anilines is 1. The van der Waals surface area contributed by atoms with Crippen LogP contribution in [0.5, 0.6) is 5.75 Å². The zero-order chi connectivity index (χ0) is 13.7. The fraction of sp³-hybridized carbons (Fsp3) is 0.200. The van der Waals surface area contributed by atoms with Crippen molar-refractivity contribution in [3.8, 4) is 5.75 Å². The molecule has 0 bridgehead atoms. The molecule has 2 rings (SSSR count). The van der Waals surface area contributed by atoms with Crippen LogP contribution in [-0.2, 0) is 13.0 Å². The molecule has 0 radical (unpaired) electrons. The van der Waals surface area contributed by atoms with E-state index >= 15 is 0 Å². The standard InChI is InChI=1S/C15H16BrNO2/c16-13-7-11(8-14(17)9-13)10-19-15-4-2-1-3-12(15)5-6-18/h1-4,7-9,18H,5-6,10,17H2. The van der Waals surface area contributed by atoms with Gasteiger partial charge in [-0.1, -0.05) is 34.1 Å². The van der Waals surface area contributed by atoms with Crippen molar-refractivity contribution in [3.05, 3.63) is 58.1 Å². The fourth-order valence-corrected chi connectivity index (χ4v) is 2.45. The summed E-state index contributed by atoms with van der Waals surface area (Å²) in [6.07, 6.45) is 0.594. The highest BCUT2D eigenvalue weighted by Crippen LogP contribution is 2.22. The summed E-state index contributed by atoms with van der Waals surface area (Å²) in [6, 6.07) is 13.4. The Morgan fingerprint density at radius 2 is 1.95 bits per heavy atom. The molecule has 3 nitrogen and oxygen atoms in total. The molecule has 0 aromatic heterocycles. The Hall–Kier alpha value is -1.52. The maximum absolute atomic E-state index is 9.02. The van der Waals surface area contributed by atoms with Crippen LogP contribution in [0, 0.1) is 0 Å². The molecular formula is C15H16BrNO2. The molecule has 0 heterocycles. The highest BCUT2D eigenvalue weighted by Gasteiger charge is 2.04. The predicted molar refractivity (Wildman–Crippen MR) is 80.1 cm³/mol. The Kier molecular flexibility index (Phi) is 4.82. The van der Waals surface area contributed by atoms with Crippen LogP contribution in [0.2, 0.25) is 0 Å². The van der Waals surface area contributed by atoms with E-state index in [0.29, 0.717) is 18.7 Å². The number of rotatable bonds is 5. The zero-order valence-electron chi connectivity index (χ0n) is 10.5. The molecule has 100 valence electrons. The quantitative estimate of drug-likeness (QED) is 0.832. The van der Waals surface area contributed by atoms with E-state index in [0.717, 1.165) is 21.3 Å². The van der Waals surface area contributed by atoms with Crippen molar-refractivity contribution in [2.75, 3.05) is 12.3 Å². The number of aliphatic hydroxyl groups excluding tert-OH is 1. The number of nitrogen functional groups attached to an aromatic ring is 1. The third kappa shape index (κ3) is 3.98. The minimum atomic E-state index is 0.115. The van der Waals surface area contributed by atoms with Crippen LogP contribution in [-0.4, -0.2) is 11.7 Å². The third-order valence-electron chi connectivity index (χ3n) is 2.73. The molecule has 0 saturated heterocycles. The molecule has 0 fully saturated rings. The molecule has 0 atom stereocenters. The molecule has 0 unspecified atom stereocenters. The minimum absolute atomic E-state index is 0.115. The maximum atomic E-state index is 9.02. The second kappa shape index (κ2) is 6.59. The summed E-state index contributed by atoms with van der Waals surface area (Å²) in [7, 11) is 0. The smallest absolute Gasteiger partial charge is 0.123 e. The summed E-state index contributed by atoms with van der Waals surface area (Å²) in [4.78, 5) is 0. The van der Waals surface area contributed by atoms with E-state index < -0.39 is 0 Å². The highest BCUT2D eigenvalue weighted by molar-refractivity contribution is 9.10. The van der Waals surface area contributed by atoms with E-state index in [1.54, 1.807) is 0 Å². The zero-order valence-corrected chi connectivity index (χ0v) is 12.1. The molecule has 0 saturated carbocycles. The highest BCUT2D eigenvalue weighted by atomic mass is 79.9. The Morgan fingerprint density at radius 3 is 2.68 bits per heavy atom. The van der Waals surface area contributed by atoms with Crippen LogP contribution in [0.4, 0.5) is 5.69 Å². The molecule has 0 aliphatic carbocycles. The average molecular weight is 322 g/mol. The number of halogens is 1. The van der Waals surface area contributed by atoms with Gasteiger partial charge in [-0.05, 0) is 41.8 Å². The number of para-hydroxylation sites is 1. The van der Waals surface area contributed by atoms with Gasteiger partial charge in [0.1, 0.15) is 12.4 Å². The number of nitrogens with two attached hydrogens (primary N) is 1. The lowest BCUT2D eigenvalue weighted by Gasteiger charge is -2.11. The lowest BCUT2D eigenvalue weighted by molar-refractivity contribution is 0.284. The number of aliphatic hydroxyl groups is 1. The first kappa shape index (κ1) is 13.9. The first-order valence-corrected chi connectivity index (χ1v) is 6.85. The number of benzene rings is 2. The number of hydrogen-bond acceptors (Lipinski definition) is 3. The molecule has 0 aliphatic heterocycles. The van der Waals surface area contributed by atoms with Crippen molar-refractivity contribution in [3.63, 3.8) is 0 Å². The predicted octanol–water partition coefficient (Wildman–Crippen LogP) is 3.15. The minimum Gasteiger partial charge on any atom is -0.489 e. The topological polar surface area (TPSA) is 55.5 Å². The van der Waals surface area contributed by atoms with Gasteiger partial charge in [0.15, 0.2) is 0 Å². The van der Waals surface area contributed by atoms with Crippen LogP contribution in [0.25, 0.3) is 0 Å². The normalized spacial score (nSPS) is 10.4. The summed E-state index contributed by atoms with van der Waals surface area (Å²) < 4.78 is 6.74. The Labute approximate surface area is 121 Å². The molecule has 4 heteroatoms. The van der Waals surface area contributed by atoms with Gasteiger partial charge in [0.25, 0.3) is 0 Å². The van der Waals surface area contributed by atoms with Gasteiger partial charge in [0.05, 0.1) is 0 Å². The largest absolute Gasteiger partial charge is 0.489 e. The van der Waals surface area contributed by atoms with Crippen molar-refractivity contribution in [2.24, 2.45) is 0 Å². The van der Waals surface area contributed by atoms with Gasteiger partial charge in [0.2, 0.25) is 0 Å². The fourth-order valence-electron chi connectivity index (χ4n) is 1.89. The molecular weight excluding hydrogens is 306 g/mol. The summed E-state index contributed by atoms with van der Waals surface area (Å²) in [5.41, 5.74) is 8.51.